The van der Waals surface area contributed by atoms with Gasteiger partial charge >= 0.3 is 5.97 Å². The van der Waals surface area contributed by atoms with Crippen molar-refractivity contribution in [1.29, 1.82) is 0 Å². The number of carbonyl (C=O) groups is 1. The Labute approximate surface area is 121 Å². The van der Waals surface area contributed by atoms with Crippen LogP contribution < -0.4 is 4.74 Å². The Hall–Kier alpha value is -1.51. The van der Waals surface area contributed by atoms with Gasteiger partial charge in [0.25, 0.3) is 0 Å². The van der Waals surface area contributed by atoms with E-state index < -0.39 is 5.97 Å². The fraction of sp³-hybridized carbons (Fsp3) is 0.588. The van der Waals surface area contributed by atoms with Crippen molar-refractivity contribution in [3.63, 3.8) is 0 Å². The average Bonchev–Trinajstić information content (AvgIpc) is 2.37. The summed E-state index contributed by atoms with van der Waals surface area (Å²) in [6.07, 6.45) is 6.04. The molecule has 3 nitrogen and oxygen atoms in total. The van der Waals surface area contributed by atoms with Crippen LogP contribution in [0.25, 0.3) is 0 Å². The Morgan fingerprint density at radius 2 is 2.25 bits per heavy atom. The first-order valence-electron chi connectivity index (χ1n) is 7.55. The van der Waals surface area contributed by atoms with Crippen molar-refractivity contribution < 1.29 is 14.6 Å². The third kappa shape index (κ3) is 4.26. The first-order chi connectivity index (χ1) is 9.54. The van der Waals surface area contributed by atoms with Crippen LogP contribution in [0.1, 0.15) is 50.7 Å². The van der Waals surface area contributed by atoms with Gasteiger partial charge in [0.1, 0.15) is 5.75 Å². The molecular formula is C17H24O3. The summed E-state index contributed by atoms with van der Waals surface area (Å²) in [5, 5.41) is 8.82. The summed E-state index contributed by atoms with van der Waals surface area (Å²) in [6, 6.07) is 5.78. The summed E-state index contributed by atoms with van der Waals surface area (Å²) < 4.78 is 6.03. The number of carboxylic acids is 1. The lowest BCUT2D eigenvalue weighted by molar-refractivity contribution is -0.136. The maximum Gasteiger partial charge on any atom is 0.307 e. The zero-order chi connectivity index (χ0) is 14.5. The van der Waals surface area contributed by atoms with E-state index in [1.165, 1.54) is 12.8 Å². The second-order valence-electron chi connectivity index (χ2n) is 6.12. The third-order valence-electron chi connectivity index (χ3n) is 3.82. The minimum absolute atomic E-state index is 0.0884. The molecule has 0 aliphatic carbocycles. The third-order valence-corrected chi connectivity index (χ3v) is 3.82. The van der Waals surface area contributed by atoms with Gasteiger partial charge in [-0.1, -0.05) is 32.4 Å². The lowest BCUT2D eigenvalue weighted by Crippen LogP contribution is -2.22. The standard InChI is InChI=1S/C17H24O3/c1-12(2)4-3-5-15-8-7-14-10-13(11-17(18)19)6-9-16(14)20-15/h6,9-10,12,15H,3-5,7-8,11H2,1-2H3,(H,18,19)/t15-/m1/s1. The van der Waals surface area contributed by atoms with E-state index in [0.29, 0.717) is 6.10 Å². The molecule has 0 spiro atoms. The summed E-state index contributed by atoms with van der Waals surface area (Å²) in [6.45, 7) is 4.50. The van der Waals surface area contributed by atoms with Crippen molar-refractivity contribution in [2.24, 2.45) is 5.92 Å². The topological polar surface area (TPSA) is 46.5 Å². The van der Waals surface area contributed by atoms with E-state index in [0.717, 1.165) is 42.1 Å². The number of hydrogen-bond acceptors (Lipinski definition) is 2. The van der Waals surface area contributed by atoms with Gasteiger partial charge < -0.3 is 9.84 Å². The zero-order valence-corrected chi connectivity index (χ0v) is 12.4. The minimum atomic E-state index is -0.784. The van der Waals surface area contributed by atoms with Crippen molar-refractivity contribution in [3.05, 3.63) is 29.3 Å². The number of aliphatic carboxylic acids is 1. The second-order valence-corrected chi connectivity index (χ2v) is 6.12. The first kappa shape index (κ1) is 14.9. The number of rotatable bonds is 6. The van der Waals surface area contributed by atoms with Gasteiger partial charge in [0.15, 0.2) is 0 Å². The Morgan fingerprint density at radius 1 is 1.45 bits per heavy atom. The van der Waals surface area contributed by atoms with Crippen molar-refractivity contribution in [2.75, 3.05) is 0 Å². The molecule has 0 unspecified atom stereocenters. The largest absolute Gasteiger partial charge is 0.490 e. The van der Waals surface area contributed by atoms with Gasteiger partial charge in [0.05, 0.1) is 12.5 Å². The molecule has 0 fully saturated rings. The number of ether oxygens (including phenoxy) is 1. The quantitative estimate of drug-likeness (QED) is 0.858. The van der Waals surface area contributed by atoms with Crippen LogP contribution in [-0.2, 0) is 17.6 Å². The highest BCUT2D eigenvalue weighted by molar-refractivity contribution is 5.70. The van der Waals surface area contributed by atoms with Gasteiger partial charge in [0, 0.05) is 0 Å². The average molecular weight is 276 g/mol. The molecule has 0 aromatic heterocycles. The van der Waals surface area contributed by atoms with Crippen LogP contribution in [-0.4, -0.2) is 17.2 Å². The lowest BCUT2D eigenvalue weighted by atomic mass is 9.95. The molecule has 0 amide bonds. The van der Waals surface area contributed by atoms with Crippen LogP contribution in [0, 0.1) is 5.92 Å². The van der Waals surface area contributed by atoms with Crippen LogP contribution in [0.2, 0.25) is 0 Å². The number of hydrogen-bond donors (Lipinski definition) is 1. The molecule has 3 heteroatoms. The second kappa shape index (κ2) is 6.78. The lowest BCUT2D eigenvalue weighted by Gasteiger charge is -2.26. The molecule has 1 N–H and O–H groups in total. The van der Waals surface area contributed by atoms with E-state index in [-0.39, 0.29) is 6.42 Å². The highest BCUT2D eigenvalue weighted by Gasteiger charge is 2.20. The number of aryl methyl sites for hydroxylation is 1. The Balaban J connectivity index is 1.92. The Morgan fingerprint density at radius 3 is 2.95 bits per heavy atom. The maximum absolute atomic E-state index is 10.7. The first-order valence-corrected chi connectivity index (χ1v) is 7.55. The fourth-order valence-electron chi connectivity index (χ4n) is 2.74. The van der Waals surface area contributed by atoms with Gasteiger partial charge in [-0.25, -0.2) is 0 Å². The highest BCUT2D eigenvalue weighted by Crippen LogP contribution is 2.30. The fourth-order valence-corrected chi connectivity index (χ4v) is 2.74. The van der Waals surface area contributed by atoms with Crippen molar-refractivity contribution in [3.8, 4) is 5.75 Å². The normalized spacial score (nSPS) is 17.6. The summed E-state index contributed by atoms with van der Waals surface area (Å²) in [7, 11) is 0. The van der Waals surface area contributed by atoms with Gasteiger partial charge in [-0.2, -0.15) is 0 Å². The molecule has 1 aromatic carbocycles. The molecule has 20 heavy (non-hydrogen) atoms. The molecule has 1 aromatic rings. The van der Waals surface area contributed by atoms with E-state index in [1.807, 2.05) is 18.2 Å². The van der Waals surface area contributed by atoms with E-state index >= 15 is 0 Å². The summed E-state index contributed by atoms with van der Waals surface area (Å²) in [5.41, 5.74) is 2.02. The molecule has 1 aliphatic heterocycles. The highest BCUT2D eigenvalue weighted by atomic mass is 16.5. The molecule has 1 heterocycles. The van der Waals surface area contributed by atoms with E-state index in [4.69, 9.17) is 9.84 Å². The molecule has 110 valence electrons. The van der Waals surface area contributed by atoms with E-state index in [2.05, 4.69) is 13.8 Å². The molecule has 2 rings (SSSR count). The van der Waals surface area contributed by atoms with Crippen LogP contribution >= 0.6 is 0 Å². The predicted molar refractivity (Wildman–Crippen MR) is 79.2 cm³/mol. The molecule has 1 aliphatic rings. The summed E-state index contributed by atoms with van der Waals surface area (Å²) >= 11 is 0. The SMILES string of the molecule is CC(C)CCC[C@@H]1CCc2cc(CC(=O)O)ccc2O1. The van der Waals surface area contributed by atoms with Gasteiger partial charge in [0.2, 0.25) is 0 Å². The number of fused-ring (bicyclic) bond motifs is 1. The van der Waals surface area contributed by atoms with Crippen LogP contribution in [0.15, 0.2) is 18.2 Å². The zero-order valence-electron chi connectivity index (χ0n) is 12.4. The maximum atomic E-state index is 10.7. The van der Waals surface area contributed by atoms with E-state index in [1.54, 1.807) is 0 Å². The molecule has 0 bridgehead atoms. The summed E-state index contributed by atoms with van der Waals surface area (Å²) in [5.74, 6) is 0.914. The molecule has 1 atom stereocenters. The van der Waals surface area contributed by atoms with Gasteiger partial charge in [-0.15, -0.1) is 0 Å². The molecule has 0 saturated heterocycles. The molecule has 0 saturated carbocycles. The van der Waals surface area contributed by atoms with Crippen molar-refractivity contribution >= 4 is 5.97 Å². The van der Waals surface area contributed by atoms with Crippen molar-refractivity contribution in [2.45, 2.75) is 58.5 Å². The summed E-state index contributed by atoms with van der Waals surface area (Å²) in [4.78, 5) is 10.7. The number of benzene rings is 1. The van der Waals surface area contributed by atoms with E-state index in [9.17, 15) is 4.79 Å². The van der Waals surface area contributed by atoms with Gasteiger partial charge in [-0.05, 0) is 48.8 Å². The smallest absolute Gasteiger partial charge is 0.307 e. The molecular weight excluding hydrogens is 252 g/mol. The van der Waals surface area contributed by atoms with Crippen molar-refractivity contribution in [1.82, 2.24) is 0 Å². The predicted octanol–water partition coefficient (Wildman–Crippen LogP) is 3.83. The minimum Gasteiger partial charge on any atom is -0.490 e. The monoisotopic (exact) mass is 276 g/mol. The Kier molecular flexibility index (Phi) is 5.05. The van der Waals surface area contributed by atoms with Crippen LogP contribution in [0.4, 0.5) is 0 Å². The molecule has 0 radical (unpaired) electrons. The van der Waals surface area contributed by atoms with Crippen LogP contribution in [0.3, 0.4) is 0 Å². The number of carboxylic acid groups (broad SMARTS) is 1. The van der Waals surface area contributed by atoms with Crippen LogP contribution in [0.5, 0.6) is 5.75 Å². The Bertz CT molecular complexity index is 465. The van der Waals surface area contributed by atoms with Gasteiger partial charge in [-0.3, -0.25) is 4.79 Å².